The fourth-order valence-electron chi connectivity index (χ4n) is 0.692. The summed E-state index contributed by atoms with van der Waals surface area (Å²) in [4.78, 5) is 1.95. The number of hydrogen-bond acceptors (Lipinski definition) is 1. The first kappa shape index (κ1) is 8.94. The van der Waals surface area contributed by atoms with E-state index in [0.717, 1.165) is 4.38 Å². The molecule has 1 rings (SSSR count). The van der Waals surface area contributed by atoms with Crippen LogP contribution in [0.2, 0.25) is 0 Å². The van der Waals surface area contributed by atoms with E-state index < -0.39 is 0 Å². The Morgan fingerprint density at radius 1 is 1.80 bits per heavy atom. The minimum absolute atomic E-state index is 0.0430. The van der Waals surface area contributed by atoms with Gasteiger partial charge in [0, 0.05) is 14.2 Å². The van der Waals surface area contributed by atoms with Crippen LogP contribution in [0.5, 0.6) is 0 Å². The molecule has 0 aromatic heterocycles. The van der Waals surface area contributed by atoms with Crippen LogP contribution in [0.3, 0.4) is 0 Å². The van der Waals surface area contributed by atoms with E-state index in [9.17, 15) is 0 Å². The molecule has 0 aliphatic carbocycles. The van der Waals surface area contributed by atoms with Gasteiger partial charge < -0.3 is 4.81 Å². The second kappa shape index (κ2) is 3.49. The Balaban J connectivity index is 2.85. The maximum Gasteiger partial charge on any atom is 0.401 e. The van der Waals surface area contributed by atoms with Crippen molar-refractivity contribution in [2.75, 3.05) is 7.05 Å². The second-order valence-electron chi connectivity index (χ2n) is 2.04. The minimum Gasteiger partial charge on any atom is -0.405 e. The van der Waals surface area contributed by atoms with Crippen LogP contribution in [-0.2, 0) is 0 Å². The molecule has 0 fully saturated rings. The van der Waals surface area contributed by atoms with Crippen molar-refractivity contribution in [3.05, 3.63) is 20.2 Å². The van der Waals surface area contributed by atoms with E-state index in [0.29, 0.717) is 0 Å². The maximum atomic E-state index is 5.95. The summed E-state index contributed by atoms with van der Waals surface area (Å²) in [7, 11) is 1.95. The Morgan fingerprint density at radius 2 is 2.40 bits per heavy atom. The van der Waals surface area contributed by atoms with Crippen LogP contribution in [0, 0.1) is 0 Å². The van der Waals surface area contributed by atoms with Crippen LogP contribution in [0.4, 0.5) is 0 Å². The van der Waals surface area contributed by atoms with Crippen molar-refractivity contribution in [3.8, 4) is 0 Å². The summed E-state index contributed by atoms with van der Waals surface area (Å²) >= 11 is 11.6. The Morgan fingerprint density at radius 3 is 2.90 bits per heavy atom. The molecule has 0 aromatic carbocycles. The summed E-state index contributed by atoms with van der Waals surface area (Å²) < 4.78 is 2.20. The van der Waals surface area contributed by atoms with Gasteiger partial charge in [-0.1, -0.05) is 15.9 Å². The quantitative estimate of drug-likeness (QED) is 0.487. The van der Waals surface area contributed by atoms with E-state index in [4.69, 9.17) is 11.5 Å². The number of halogens is 3. The van der Waals surface area contributed by atoms with E-state index in [1.165, 1.54) is 3.58 Å². The highest BCUT2D eigenvalue weighted by atomic mass is 127. The van der Waals surface area contributed by atoms with Crippen molar-refractivity contribution in [2.45, 2.75) is 0 Å². The fourth-order valence-corrected chi connectivity index (χ4v) is 2.58. The van der Waals surface area contributed by atoms with Crippen molar-refractivity contribution in [2.24, 2.45) is 0 Å². The third-order valence-corrected chi connectivity index (χ3v) is 3.25. The van der Waals surface area contributed by atoms with Crippen LogP contribution in [-0.4, -0.2) is 18.1 Å². The average Bonchev–Trinajstić information content (AvgIpc) is 1.82. The van der Waals surface area contributed by atoms with Crippen molar-refractivity contribution in [3.63, 3.8) is 0 Å². The Labute approximate surface area is 87.8 Å². The molecule has 0 radical (unpaired) electrons. The predicted molar refractivity (Wildman–Crippen MR) is 58.5 cm³/mol. The van der Waals surface area contributed by atoms with Crippen LogP contribution >= 0.6 is 50.0 Å². The maximum absolute atomic E-state index is 5.95. The van der Waals surface area contributed by atoms with Crippen LogP contribution in [0.15, 0.2) is 20.2 Å². The lowest BCUT2D eigenvalue weighted by atomic mass is 9.87. The molecule has 0 aromatic rings. The lowest BCUT2D eigenvalue weighted by molar-refractivity contribution is 0.726. The van der Waals surface area contributed by atoms with Gasteiger partial charge in [0.15, 0.2) is 0 Å². The van der Waals surface area contributed by atoms with E-state index >= 15 is 0 Å². The van der Waals surface area contributed by atoms with Crippen LogP contribution in [0.1, 0.15) is 0 Å². The van der Waals surface area contributed by atoms with Gasteiger partial charge in [0.2, 0.25) is 0 Å². The summed E-state index contributed by atoms with van der Waals surface area (Å²) in [6.07, 6.45) is 3.97. The molecule has 10 heavy (non-hydrogen) atoms. The molecule has 54 valence electrons. The number of nitrogens with zero attached hydrogens (tertiary/aromatic N) is 1. The van der Waals surface area contributed by atoms with Crippen molar-refractivity contribution in [1.29, 1.82) is 0 Å². The molecule has 5 heteroatoms. The minimum atomic E-state index is -0.0430. The Hall–Kier alpha value is 0.845. The molecule has 1 nitrogen and oxygen atoms in total. The van der Waals surface area contributed by atoms with Crippen LogP contribution < -0.4 is 0 Å². The summed E-state index contributed by atoms with van der Waals surface area (Å²) in [6.45, 7) is 0. The molecular weight excluding hydrogens is 327 g/mol. The number of allylic oxidation sites excluding steroid dienone is 2. The first-order chi connectivity index (χ1) is 4.61. The monoisotopic (exact) mass is 331 g/mol. The smallest absolute Gasteiger partial charge is 0.401 e. The van der Waals surface area contributed by atoms with Crippen molar-refractivity contribution in [1.82, 2.24) is 4.81 Å². The summed E-state index contributed by atoms with van der Waals surface area (Å²) in [5, 5.41) is 0. The highest BCUT2D eigenvalue weighted by Gasteiger charge is 2.22. The first-order valence-electron chi connectivity index (χ1n) is 2.71. The first-order valence-corrected chi connectivity index (χ1v) is 5.02. The lowest BCUT2D eigenvalue weighted by Crippen LogP contribution is -2.29. The normalized spacial score (nSPS) is 18.8. The van der Waals surface area contributed by atoms with Gasteiger partial charge in [0.1, 0.15) is 0 Å². The van der Waals surface area contributed by atoms with Gasteiger partial charge in [0.05, 0.1) is 0 Å². The van der Waals surface area contributed by atoms with Gasteiger partial charge in [-0.05, 0) is 35.7 Å². The zero-order valence-corrected chi connectivity index (χ0v) is 9.81. The highest BCUT2D eigenvalue weighted by Crippen LogP contribution is 2.25. The molecule has 0 N–H and O–H groups in total. The fraction of sp³-hybridized carbons (Fsp3) is 0.200. The molecule has 0 saturated carbocycles. The molecule has 0 atom stereocenters. The zero-order valence-electron chi connectivity index (χ0n) is 5.31. The van der Waals surface area contributed by atoms with Gasteiger partial charge in [-0.25, -0.2) is 0 Å². The molecule has 0 saturated heterocycles. The van der Waals surface area contributed by atoms with Gasteiger partial charge >= 0.3 is 6.26 Å². The predicted octanol–water partition coefficient (Wildman–Crippen LogP) is 2.75. The topological polar surface area (TPSA) is 3.24 Å². The number of rotatable bonds is 0. The Kier molecular flexibility index (Phi) is 3.12. The van der Waals surface area contributed by atoms with Gasteiger partial charge in [-0.3, -0.25) is 0 Å². The molecule has 1 aliphatic rings. The largest absolute Gasteiger partial charge is 0.405 e. The van der Waals surface area contributed by atoms with E-state index in [2.05, 4.69) is 38.5 Å². The molecule has 0 bridgehead atoms. The Bertz CT molecular complexity index is 206. The number of hydrogen-bond donors (Lipinski definition) is 0. The van der Waals surface area contributed by atoms with Crippen molar-refractivity contribution >= 4 is 56.2 Å². The molecular formula is C5H5BBrClIN. The molecule has 0 unspecified atom stereocenters. The molecule has 0 amide bonds. The van der Waals surface area contributed by atoms with Gasteiger partial charge in [-0.15, -0.1) is 0 Å². The van der Waals surface area contributed by atoms with E-state index in [-0.39, 0.29) is 6.26 Å². The van der Waals surface area contributed by atoms with E-state index in [1.54, 1.807) is 0 Å². The zero-order chi connectivity index (χ0) is 7.72. The summed E-state index contributed by atoms with van der Waals surface area (Å²) in [5.74, 6) is 0. The molecule has 1 heterocycles. The van der Waals surface area contributed by atoms with E-state index in [1.807, 2.05) is 24.1 Å². The highest BCUT2D eigenvalue weighted by molar-refractivity contribution is 14.1. The second-order valence-corrected chi connectivity index (χ2v) is 4.62. The average molecular weight is 332 g/mol. The SMILES string of the molecule is CN1C=C(I)C=C(Br)B1Cl. The van der Waals surface area contributed by atoms with Gasteiger partial charge in [0.25, 0.3) is 0 Å². The van der Waals surface area contributed by atoms with Gasteiger partial charge in [-0.2, -0.15) is 11.5 Å². The standard InChI is InChI=1S/C5H5BBrClIN/c1-10-3-4(9)2-5(7)6(10)8/h2-3H,1H3. The van der Waals surface area contributed by atoms with Crippen LogP contribution in [0.25, 0.3) is 0 Å². The third kappa shape index (κ3) is 1.92. The third-order valence-electron chi connectivity index (χ3n) is 1.19. The summed E-state index contributed by atoms with van der Waals surface area (Å²) in [5.41, 5.74) is 0. The molecule has 0 spiro atoms. The summed E-state index contributed by atoms with van der Waals surface area (Å²) in [6, 6.07) is 0. The lowest BCUT2D eigenvalue weighted by Gasteiger charge is -2.21. The van der Waals surface area contributed by atoms with Crippen molar-refractivity contribution < 1.29 is 0 Å². The molecule has 1 aliphatic heterocycles.